The highest BCUT2D eigenvalue weighted by atomic mass is 19.4. The number of carbonyl (C=O) groups is 1. The van der Waals surface area contributed by atoms with E-state index in [2.05, 4.69) is 10.3 Å². The molecule has 4 rings (SSSR count). The minimum atomic E-state index is -4.84. The molecule has 10 heteroatoms. The number of aliphatic imine (C=N–C) groups is 1. The monoisotopic (exact) mass is 474 g/mol. The normalized spacial score (nSPS) is 16.8. The molecule has 0 unspecified atom stereocenters. The first kappa shape index (κ1) is 23.5. The minimum Gasteiger partial charge on any atom is -0.345 e. The van der Waals surface area contributed by atoms with Gasteiger partial charge >= 0.3 is 6.18 Å². The summed E-state index contributed by atoms with van der Waals surface area (Å²) < 4.78 is 55.3. The molecule has 0 saturated heterocycles. The summed E-state index contributed by atoms with van der Waals surface area (Å²) in [7, 11) is 1.62. The molecule has 1 aromatic heterocycles. The number of nitrogens with one attached hydrogen (secondary N) is 1. The number of rotatable bonds is 4. The maximum atomic E-state index is 14.6. The average molecular weight is 474 g/mol. The number of aromatic nitrogens is 1. The third kappa shape index (κ3) is 4.52. The molecule has 178 valence electrons. The predicted molar refractivity (Wildman–Crippen MR) is 119 cm³/mol. The Labute approximate surface area is 192 Å². The largest absolute Gasteiger partial charge is 0.419 e. The van der Waals surface area contributed by atoms with Gasteiger partial charge in [-0.1, -0.05) is 12.1 Å². The lowest BCUT2D eigenvalue weighted by Gasteiger charge is -2.31. The number of nitrogens with zero attached hydrogens (tertiary/aromatic N) is 3. The zero-order valence-electron chi connectivity index (χ0n) is 18.5. The van der Waals surface area contributed by atoms with Crippen molar-refractivity contribution in [3.63, 3.8) is 0 Å². The number of amides is 1. The Kier molecular flexibility index (Phi) is 6.16. The Morgan fingerprint density at radius 2 is 1.97 bits per heavy atom. The molecule has 6 nitrogen and oxygen atoms in total. The maximum Gasteiger partial charge on any atom is 0.419 e. The van der Waals surface area contributed by atoms with Crippen LogP contribution in [0.1, 0.15) is 36.1 Å². The van der Waals surface area contributed by atoms with Crippen molar-refractivity contribution in [1.82, 2.24) is 14.8 Å². The van der Waals surface area contributed by atoms with E-state index in [1.165, 1.54) is 23.6 Å². The molecule has 1 aromatic carbocycles. The van der Waals surface area contributed by atoms with Crippen LogP contribution in [0.5, 0.6) is 0 Å². The first-order chi connectivity index (χ1) is 16.1. The fourth-order valence-electron chi connectivity index (χ4n) is 3.96. The number of pyridine rings is 1. The van der Waals surface area contributed by atoms with Crippen molar-refractivity contribution in [2.24, 2.45) is 12.0 Å². The first-order valence-electron chi connectivity index (χ1n) is 10.6. The summed E-state index contributed by atoms with van der Waals surface area (Å²) in [5, 5.41) is 2.61. The number of benzene rings is 1. The smallest absolute Gasteiger partial charge is 0.345 e. The zero-order chi connectivity index (χ0) is 24.6. The fraction of sp³-hybridized carbons (Fsp3) is 0.292. The number of hydrogen-bond acceptors (Lipinski definition) is 4. The molecule has 0 radical (unpaired) electrons. The summed E-state index contributed by atoms with van der Waals surface area (Å²) in [6.45, 7) is 2.57. The van der Waals surface area contributed by atoms with Gasteiger partial charge in [0.05, 0.1) is 17.2 Å². The summed E-state index contributed by atoms with van der Waals surface area (Å²) in [4.78, 5) is 31.2. The van der Waals surface area contributed by atoms with E-state index in [0.29, 0.717) is 36.1 Å². The van der Waals surface area contributed by atoms with E-state index >= 15 is 0 Å². The van der Waals surface area contributed by atoms with Crippen LogP contribution in [0.25, 0.3) is 5.57 Å². The van der Waals surface area contributed by atoms with Gasteiger partial charge in [0.1, 0.15) is 11.7 Å². The molecule has 0 saturated carbocycles. The van der Waals surface area contributed by atoms with Crippen LogP contribution in [0.3, 0.4) is 0 Å². The van der Waals surface area contributed by atoms with E-state index in [0.717, 1.165) is 12.5 Å². The van der Waals surface area contributed by atoms with Crippen molar-refractivity contribution in [2.75, 3.05) is 13.1 Å². The number of allylic oxidation sites excluding steroid dienone is 2. The second-order valence-corrected chi connectivity index (χ2v) is 8.16. The highest BCUT2D eigenvalue weighted by Gasteiger charge is 2.36. The molecule has 3 heterocycles. The second kappa shape index (κ2) is 8.92. The van der Waals surface area contributed by atoms with E-state index in [9.17, 15) is 27.2 Å². The van der Waals surface area contributed by atoms with Gasteiger partial charge in [0, 0.05) is 49.7 Å². The lowest BCUT2D eigenvalue weighted by atomic mass is 9.98. The Hall–Kier alpha value is -3.69. The third-order valence-electron chi connectivity index (χ3n) is 5.74. The number of aryl methyl sites for hydroxylation is 1. The van der Waals surface area contributed by atoms with Gasteiger partial charge in [-0.25, -0.2) is 4.39 Å². The van der Waals surface area contributed by atoms with Gasteiger partial charge in [-0.05, 0) is 37.1 Å². The Morgan fingerprint density at radius 1 is 1.21 bits per heavy atom. The molecule has 34 heavy (non-hydrogen) atoms. The number of alkyl halides is 3. The molecule has 2 aliphatic rings. The van der Waals surface area contributed by atoms with Crippen LogP contribution in [0.2, 0.25) is 0 Å². The van der Waals surface area contributed by atoms with Gasteiger partial charge in [-0.15, -0.1) is 0 Å². The first-order valence-corrected chi connectivity index (χ1v) is 10.6. The second-order valence-electron chi connectivity index (χ2n) is 8.16. The highest BCUT2D eigenvalue weighted by Crippen LogP contribution is 2.34. The third-order valence-corrected chi connectivity index (χ3v) is 5.74. The maximum absolute atomic E-state index is 14.6. The number of halogens is 4. The van der Waals surface area contributed by atoms with Crippen LogP contribution in [0.4, 0.5) is 17.6 Å². The van der Waals surface area contributed by atoms with Gasteiger partial charge in [0.25, 0.3) is 5.91 Å². The molecule has 0 spiro atoms. The molecule has 0 fully saturated rings. The summed E-state index contributed by atoms with van der Waals surface area (Å²) in [6, 6.07) is 5.02. The summed E-state index contributed by atoms with van der Waals surface area (Å²) >= 11 is 0. The topological polar surface area (TPSA) is 66.7 Å². The molecular formula is C24H22F4N4O2. The molecule has 1 N–H and O–H groups in total. The van der Waals surface area contributed by atoms with E-state index < -0.39 is 29.5 Å². The lowest BCUT2D eigenvalue weighted by molar-refractivity contribution is -0.140. The molecule has 1 atom stereocenters. The molecule has 0 bridgehead atoms. The Morgan fingerprint density at radius 3 is 2.68 bits per heavy atom. The fourth-order valence-corrected chi connectivity index (χ4v) is 3.96. The van der Waals surface area contributed by atoms with E-state index in [-0.39, 0.29) is 16.7 Å². The van der Waals surface area contributed by atoms with Crippen molar-refractivity contribution < 1.29 is 22.4 Å². The summed E-state index contributed by atoms with van der Waals surface area (Å²) in [6.07, 6.45) is 1.03. The van der Waals surface area contributed by atoms with Crippen LogP contribution in [-0.4, -0.2) is 34.3 Å². The Balaban J connectivity index is 1.66. The molecule has 2 aromatic rings. The zero-order valence-corrected chi connectivity index (χ0v) is 18.5. The quantitative estimate of drug-likeness (QED) is 0.686. The number of hydrogen-bond donors (Lipinski definition) is 1. The lowest BCUT2D eigenvalue weighted by Crippen LogP contribution is -2.41. The van der Waals surface area contributed by atoms with Crippen LogP contribution in [-0.2, 0) is 18.0 Å². The van der Waals surface area contributed by atoms with Gasteiger partial charge in [-0.2, -0.15) is 13.2 Å². The van der Waals surface area contributed by atoms with Gasteiger partial charge in [-0.3, -0.25) is 14.6 Å². The number of amidine groups is 1. The van der Waals surface area contributed by atoms with E-state index in [1.807, 2.05) is 11.1 Å². The molecule has 2 aliphatic heterocycles. The van der Waals surface area contributed by atoms with Crippen LogP contribution in [0, 0.1) is 5.82 Å². The Bertz CT molecular complexity index is 1290. The van der Waals surface area contributed by atoms with Crippen molar-refractivity contribution in [1.29, 1.82) is 0 Å². The van der Waals surface area contributed by atoms with Crippen LogP contribution < -0.4 is 10.9 Å². The van der Waals surface area contributed by atoms with Gasteiger partial charge in [0.15, 0.2) is 0 Å². The highest BCUT2D eigenvalue weighted by molar-refractivity contribution is 6.23. The SMILES string of the molecule is C[C@@H](NC(=O)C1=CC(c2ccc(=O)n(C)c2)=CN2CCCN=C12)c1cccc(C(F)(F)F)c1F. The van der Waals surface area contributed by atoms with Crippen molar-refractivity contribution in [3.8, 4) is 0 Å². The van der Waals surface area contributed by atoms with Crippen molar-refractivity contribution in [2.45, 2.75) is 25.6 Å². The minimum absolute atomic E-state index is 0.181. The van der Waals surface area contributed by atoms with Crippen LogP contribution in [0.15, 0.2) is 64.2 Å². The molecule has 1 amide bonds. The van der Waals surface area contributed by atoms with E-state index in [4.69, 9.17) is 0 Å². The van der Waals surface area contributed by atoms with Crippen molar-refractivity contribution >= 4 is 17.3 Å². The summed E-state index contributed by atoms with van der Waals surface area (Å²) in [5.41, 5.74) is -0.250. The average Bonchev–Trinajstić information content (AvgIpc) is 2.79. The van der Waals surface area contributed by atoms with Crippen LogP contribution >= 0.6 is 0 Å². The molecular weight excluding hydrogens is 452 g/mol. The van der Waals surface area contributed by atoms with Gasteiger partial charge < -0.3 is 14.8 Å². The number of carbonyl (C=O) groups excluding carboxylic acids is 1. The van der Waals surface area contributed by atoms with Gasteiger partial charge in [0.2, 0.25) is 5.56 Å². The predicted octanol–water partition coefficient (Wildman–Crippen LogP) is 3.81. The standard InChI is InChI=1S/C24H22F4N4O2/c1-14(17-5-3-6-19(21(17)25)24(26,27)28)30-23(34)18-11-16(13-32-10-4-9-29-22(18)32)15-7-8-20(33)31(2)12-15/h3,5-8,11-14H,4,9-10H2,1-2H3,(H,30,34)/t14-/m1/s1. The summed E-state index contributed by atoms with van der Waals surface area (Å²) in [5.74, 6) is -1.57. The van der Waals surface area contributed by atoms with E-state index in [1.54, 1.807) is 25.4 Å². The van der Waals surface area contributed by atoms with Crippen molar-refractivity contribution in [3.05, 3.63) is 87.2 Å². The number of fused-ring (bicyclic) bond motifs is 1. The molecule has 0 aliphatic carbocycles.